The molecule has 2 bridgehead atoms. The predicted molar refractivity (Wildman–Crippen MR) is 88.8 cm³/mol. The summed E-state index contributed by atoms with van der Waals surface area (Å²) < 4.78 is 28.7. The number of ether oxygens (including phenoxy) is 1. The molecule has 6 heteroatoms. The standard InChI is InChI=1S/C17H29NO4S/c1-22-7-2-6-18(16-5-8-23(20,21)12-16)17(19)11-15-10-13-3-4-14(15)9-13/h13-16H,2-12H2,1H3/t13-,14-,15+,16+/m0/s1. The Morgan fingerprint density at radius 1 is 1.22 bits per heavy atom. The highest BCUT2D eigenvalue weighted by Gasteiger charge is 2.42. The lowest BCUT2D eigenvalue weighted by atomic mass is 9.86. The number of amides is 1. The molecule has 1 aliphatic heterocycles. The number of carbonyl (C=O) groups is 1. The molecule has 1 saturated heterocycles. The van der Waals surface area contributed by atoms with Gasteiger partial charge in [0, 0.05) is 32.7 Å². The molecule has 0 aromatic rings. The van der Waals surface area contributed by atoms with E-state index >= 15 is 0 Å². The molecule has 0 radical (unpaired) electrons. The first-order valence-corrected chi connectivity index (χ1v) is 10.8. The summed E-state index contributed by atoms with van der Waals surface area (Å²) in [5, 5.41) is 0. The molecule has 0 aromatic heterocycles. The summed E-state index contributed by atoms with van der Waals surface area (Å²) in [4.78, 5) is 14.7. The van der Waals surface area contributed by atoms with Gasteiger partial charge in [-0.1, -0.05) is 6.42 Å². The number of hydrogen-bond acceptors (Lipinski definition) is 4. The normalized spacial score (nSPS) is 34.8. The van der Waals surface area contributed by atoms with Crippen LogP contribution < -0.4 is 0 Å². The van der Waals surface area contributed by atoms with Gasteiger partial charge in [0.1, 0.15) is 0 Å². The van der Waals surface area contributed by atoms with Crippen molar-refractivity contribution in [3.63, 3.8) is 0 Å². The molecule has 0 unspecified atom stereocenters. The Bertz CT molecular complexity index is 533. The van der Waals surface area contributed by atoms with Crippen molar-refractivity contribution in [2.45, 2.75) is 51.0 Å². The first-order chi connectivity index (χ1) is 11.0. The molecule has 2 saturated carbocycles. The number of methoxy groups -OCH3 is 1. The van der Waals surface area contributed by atoms with Gasteiger partial charge in [0.2, 0.25) is 5.91 Å². The number of hydrogen-bond donors (Lipinski definition) is 0. The van der Waals surface area contributed by atoms with Crippen LogP contribution in [-0.2, 0) is 19.4 Å². The fourth-order valence-electron chi connectivity index (χ4n) is 4.88. The maximum absolute atomic E-state index is 12.9. The highest BCUT2D eigenvalue weighted by atomic mass is 32.2. The lowest BCUT2D eigenvalue weighted by Crippen LogP contribution is -2.43. The highest BCUT2D eigenvalue weighted by Crippen LogP contribution is 2.49. The topological polar surface area (TPSA) is 63.7 Å². The second-order valence-electron chi connectivity index (χ2n) is 7.63. The van der Waals surface area contributed by atoms with Gasteiger partial charge in [0.25, 0.3) is 0 Å². The van der Waals surface area contributed by atoms with Crippen molar-refractivity contribution < 1.29 is 17.9 Å². The minimum atomic E-state index is -2.97. The van der Waals surface area contributed by atoms with Crippen LogP contribution in [0.4, 0.5) is 0 Å². The first kappa shape index (κ1) is 17.2. The summed E-state index contributed by atoms with van der Waals surface area (Å²) in [5.41, 5.74) is 0. The van der Waals surface area contributed by atoms with Gasteiger partial charge in [-0.05, 0) is 49.9 Å². The van der Waals surface area contributed by atoms with E-state index in [1.54, 1.807) is 7.11 Å². The van der Waals surface area contributed by atoms with E-state index in [2.05, 4.69) is 0 Å². The summed E-state index contributed by atoms with van der Waals surface area (Å²) in [7, 11) is -1.31. The average Bonchev–Trinajstić information content (AvgIpc) is 3.19. The predicted octanol–water partition coefficient (Wildman–Crippen LogP) is 1.86. The van der Waals surface area contributed by atoms with Gasteiger partial charge in [-0.2, -0.15) is 0 Å². The highest BCUT2D eigenvalue weighted by molar-refractivity contribution is 7.91. The Labute approximate surface area is 139 Å². The van der Waals surface area contributed by atoms with Gasteiger partial charge >= 0.3 is 0 Å². The number of carbonyl (C=O) groups excluding carboxylic acids is 1. The minimum absolute atomic E-state index is 0.122. The van der Waals surface area contributed by atoms with Crippen LogP contribution in [0.15, 0.2) is 0 Å². The summed E-state index contributed by atoms with van der Waals surface area (Å²) >= 11 is 0. The van der Waals surface area contributed by atoms with Crippen molar-refractivity contribution >= 4 is 15.7 Å². The van der Waals surface area contributed by atoms with E-state index in [1.165, 1.54) is 25.7 Å². The Morgan fingerprint density at radius 2 is 2.04 bits per heavy atom. The number of rotatable bonds is 7. The molecule has 4 atom stereocenters. The summed E-state index contributed by atoms with van der Waals surface area (Å²) in [6.07, 6.45) is 7.11. The monoisotopic (exact) mass is 343 g/mol. The number of fused-ring (bicyclic) bond motifs is 2. The SMILES string of the molecule is COCCCN(C(=O)C[C@H]1C[C@H]2CC[C@H]1C2)[C@@H]1CCS(=O)(=O)C1. The molecule has 3 aliphatic rings. The fraction of sp³-hybridized carbons (Fsp3) is 0.941. The third-order valence-corrected chi connectivity index (χ3v) is 7.79. The minimum Gasteiger partial charge on any atom is -0.385 e. The quantitative estimate of drug-likeness (QED) is 0.662. The van der Waals surface area contributed by atoms with Crippen molar-refractivity contribution in [3.05, 3.63) is 0 Å². The molecule has 1 heterocycles. The van der Waals surface area contributed by atoms with Crippen molar-refractivity contribution in [3.8, 4) is 0 Å². The molecule has 2 aliphatic carbocycles. The molecule has 3 rings (SSSR count). The van der Waals surface area contributed by atoms with Crippen molar-refractivity contribution in [1.29, 1.82) is 0 Å². The maximum Gasteiger partial charge on any atom is 0.223 e. The van der Waals surface area contributed by atoms with Gasteiger partial charge in [-0.3, -0.25) is 4.79 Å². The van der Waals surface area contributed by atoms with Crippen LogP contribution in [0.5, 0.6) is 0 Å². The Balaban J connectivity index is 1.61. The number of nitrogens with zero attached hydrogens (tertiary/aromatic N) is 1. The summed E-state index contributed by atoms with van der Waals surface area (Å²) in [6.45, 7) is 1.23. The zero-order valence-corrected chi connectivity index (χ0v) is 14.9. The molecule has 0 spiro atoms. The third kappa shape index (κ3) is 4.08. The van der Waals surface area contributed by atoms with Gasteiger partial charge in [0.15, 0.2) is 9.84 Å². The van der Waals surface area contributed by atoms with Crippen LogP contribution in [0.1, 0.15) is 44.9 Å². The van der Waals surface area contributed by atoms with Crippen molar-refractivity contribution in [1.82, 2.24) is 4.90 Å². The second kappa shape index (κ2) is 7.09. The molecule has 1 amide bonds. The van der Waals surface area contributed by atoms with Crippen molar-refractivity contribution in [2.24, 2.45) is 17.8 Å². The summed E-state index contributed by atoms with van der Waals surface area (Å²) in [6, 6.07) is -0.122. The van der Waals surface area contributed by atoms with Crippen LogP contribution >= 0.6 is 0 Å². The van der Waals surface area contributed by atoms with Crippen LogP contribution in [0.3, 0.4) is 0 Å². The summed E-state index contributed by atoms with van der Waals surface area (Å²) in [5.74, 6) is 2.64. The Hall–Kier alpha value is -0.620. The van der Waals surface area contributed by atoms with Gasteiger partial charge in [-0.25, -0.2) is 8.42 Å². The molecule has 3 fully saturated rings. The number of sulfone groups is 1. The molecule has 0 aromatic carbocycles. The van der Waals surface area contributed by atoms with Crippen molar-refractivity contribution in [2.75, 3.05) is 31.8 Å². The molecule has 0 N–H and O–H groups in total. The molecule has 132 valence electrons. The Kier molecular flexibility index (Phi) is 5.31. The lowest BCUT2D eigenvalue weighted by molar-refractivity contribution is -0.134. The van der Waals surface area contributed by atoms with Crippen LogP contribution in [0.2, 0.25) is 0 Å². The van der Waals surface area contributed by atoms with Gasteiger partial charge in [0.05, 0.1) is 11.5 Å². The van der Waals surface area contributed by atoms with E-state index in [-0.39, 0.29) is 23.5 Å². The third-order valence-electron chi connectivity index (χ3n) is 6.04. The van der Waals surface area contributed by atoms with Crippen LogP contribution in [0.25, 0.3) is 0 Å². The maximum atomic E-state index is 12.9. The molecular formula is C17H29NO4S. The average molecular weight is 343 g/mol. The van der Waals surface area contributed by atoms with Gasteiger partial charge in [-0.15, -0.1) is 0 Å². The first-order valence-electron chi connectivity index (χ1n) is 8.97. The lowest BCUT2D eigenvalue weighted by Gasteiger charge is -2.31. The van der Waals surface area contributed by atoms with E-state index < -0.39 is 9.84 Å². The van der Waals surface area contributed by atoms with E-state index in [0.29, 0.717) is 31.9 Å². The fourth-order valence-corrected chi connectivity index (χ4v) is 6.61. The largest absolute Gasteiger partial charge is 0.385 e. The van der Waals surface area contributed by atoms with E-state index in [9.17, 15) is 13.2 Å². The van der Waals surface area contributed by atoms with E-state index in [0.717, 1.165) is 18.3 Å². The second-order valence-corrected chi connectivity index (χ2v) is 9.86. The Morgan fingerprint density at radius 3 is 2.61 bits per heavy atom. The molecule has 23 heavy (non-hydrogen) atoms. The zero-order valence-electron chi connectivity index (χ0n) is 14.1. The molecule has 5 nitrogen and oxygen atoms in total. The molecular weight excluding hydrogens is 314 g/mol. The smallest absolute Gasteiger partial charge is 0.223 e. The van der Waals surface area contributed by atoms with E-state index in [1.807, 2.05) is 4.90 Å². The zero-order chi connectivity index (χ0) is 16.4. The van der Waals surface area contributed by atoms with E-state index in [4.69, 9.17) is 4.74 Å². The van der Waals surface area contributed by atoms with Crippen LogP contribution in [-0.4, -0.2) is 57.0 Å². The van der Waals surface area contributed by atoms with Crippen LogP contribution in [0, 0.1) is 17.8 Å². The van der Waals surface area contributed by atoms with Gasteiger partial charge < -0.3 is 9.64 Å².